The Kier molecular flexibility index (Phi) is 5.02. The van der Waals surface area contributed by atoms with Gasteiger partial charge in [-0.3, -0.25) is 4.57 Å². The monoisotopic (exact) mass is 365 g/mol. The molecule has 0 amide bonds. The summed E-state index contributed by atoms with van der Waals surface area (Å²) in [5.41, 5.74) is 4.95. The second-order valence-corrected chi connectivity index (χ2v) is 9.32. The SMILES string of the molecule is C/C(=N/P(=O)(c1cc(C)cc(C)c1)c1cc(C)cc(C)c1)c1ccco1. The summed E-state index contributed by atoms with van der Waals surface area (Å²) < 4.78 is 24.5. The Labute approximate surface area is 155 Å². The van der Waals surface area contributed by atoms with Crippen molar-refractivity contribution < 1.29 is 8.98 Å². The second-order valence-electron chi connectivity index (χ2n) is 6.93. The van der Waals surface area contributed by atoms with Crippen LogP contribution in [-0.2, 0) is 4.57 Å². The van der Waals surface area contributed by atoms with Gasteiger partial charge >= 0.3 is 0 Å². The van der Waals surface area contributed by atoms with Gasteiger partial charge in [0.25, 0.3) is 0 Å². The molecule has 0 aliphatic carbocycles. The van der Waals surface area contributed by atoms with Crippen LogP contribution >= 0.6 is 7.29 Å². The van der Waals surface area contributed by atoms with E-state index in [1.165, 1.54) is 0 Å². The van der Waals surface area contributed by atoms with Gasteiger partial charge in [-0.15, -0.1) is 0 Å². The van der Waals surface area contributed by atoms with Crippen LogP contribution in [0, 0.1) is 27.7 Å². The molecule has 4 heteroatoms. The van der Waals surface area contributed by atoms with Gasteiger partial charge in [0.05, 0.1) is 12.0 Å². The number of rotatable bonds is 4. The zero-order valence-electron chi connectivity index (χ0n) is 15.9. The fourth-order valence-electron chi connectivity index (χ4n) is 3.26. The molecule has 3 rings (SSSR count). The van der Waals surface area contributed by atoms with Crippen molar-refractivity contribution in [3.63, 3.8) is 0 Å². The molecule has 1 heterocycles. The van der Waals surface area contributed by atoms with Crippen LogP contribution in [0.4, 0.5) is 0 Å². The van der Waals surface area contributed by atoms with Crippen molar-refractivity contribution in [1.82, 2.24) is 0 Å². The molecule has 0 aliphatic rings. The molecule has 0 aliphatic heterocycles. The fourth-order valence-corrected chi connectivity index (χ4v) is 5.83. The van der Waals surface area contributed by atoms with Crippen LogP contribution in [0.2, 0.25) is 0 Å². The molecule has 1 aromatic heterocycles. The van der Waals surface area contributed by atoms with Crippen molar-refractivity contribution >= 4 is 23.6 Å². The van der Waals surface area contributed by atoms with E-state index >= 15 is 0 Å². The van der Waals surface area contributed by atoms with Crippen LogP contribution in [-0.4, -0.2) is 5.71 Å². The van der Waals surface area contributed by atoms with Gasteiger partial charge < -0.3 is 4.42 Å². The van der Waals surface area contributed by atoms with E-state index in [1.807, 2.05) is 71.0 Å². The number of hydrogen-bond acceptors (Lipinski definition) is 2. The highest BCUT2D eigenvalue weighted by molar-refractivity contribution is 7.77. The highest BCUT2D eigenvalue weighted by Crippen LogP contribution is 2.46. The number of benzene rings is 2. The number of aryl methyl sites for hydroxylation is 4. The summed E-state index contributed by atoms with van der Waals surface area (Å²) >= 11 is 0. The van der Waals surface area contributed by atoms with Crippen LogP contribution in [0.3, 0.4) is 0 Å². The van der Waals surface area contributed by atoms with Gasteiger partial charge in [-0.25, -0.2) is 4.76 Å². The van der Waals surface area contributed by atoms with E-state index < -0.39 is 7.29 Å². The van der Waals surface area contributed by atoms with E-state index in [0.717, 1.165) is 32.9 Å². The maximum atomic E-state index is 14.3. The summed E-state index contributed by atoms with van der Waals surface area (Å²) in [7, 11) is -3.20. The molecule has 3 aromatic rings. The maximum Gasteiger partial charge on any atom is 0.247 e. The Hall–Kier alpha value is -2.38. The molecule has 0 saturated heterocycles. The Morgan fingerprint density at radius 1 is 0.846 bits per heavy atom. The van der Waals surface area contributed by atoms with E-state index in [1.54, 1.807) is 6.26 Å². The highest BCUT2D eigenvalue weighted by Gasteiger charge is 2.28. The van der Waals surface area contributed by atoms with Crippen molar-refractivity contribution in [2.45, 2.75) is 34.6 Å². The third kappa shape index (κ3) is 3.73. The van der Waals surface area contributed by atoms with Crippen LogP contribution in [0.25, 0.3) is 0 Å². The Morgan fingerprint density at radius 2 is 1.31 bits per heavy atom. The van der Waals surface area contributed by atoms with Crippen molar-refractivity contribution in [1.29, 1.82) is 0 Å². The molecular weight excluding hydrogens is 341 g/mol. The first kappa shape index (κ1) is 18.4. The summed E-state index contributed by atoms with van der Waals surface area (Å²) in [6.45, 7) is 9.92. The predicted molar refractivity (Wildman–Crippen MR) is 110 cm³/mol. The lowest BCUT2D eigenvalue weighted by Crippen LogP contribution is -2.17. The minimum absolute atomic E-state index is 0.636. The quantitative estimate of drug-likeness (QED) is 0.468. The average molecular weight is 365 g/mol. The van der Waals surface area contributed by atoms with E-state index in [0.29, 0.717) is 11.5 Å². The number of furan rings is 1. The molecule has 0 bridgehead atoms. The van der Waals surface area contributed by atoms with Gasteiger partial charge in [-0.1, -0.05) is 34.4 Å². The van der Waals surface area contributed by atoms with Crippen LogP contribution < -0.4 is 10.6 Å². The topological polar surface area (TPSA) is 42.6 Å². The number of hydrogen-bond donors (Lipinski definition) is 0. The molecule has 3 nitrogen and oxygen atoms in total. The maximum absolute atomic E-state index is 14.3. The van der Waals surface area contributed by atoms with Gasteiger partial charge in [0.15, 0.2) is 0 Å². The zero-order valence-corrected chi connectivity index (χ0v) is 16.8. The van der Waals surface area contributed by atoms with Crippen LogP contribution in [0.15, 0.2) is 64.0 Å². The van der Waals surface area contributed by atoms with Crippen molar-refractivity contribution in [2.75, 3.05) is 0 Å². The Morgan fingerprint density at radius 3 is 1.69 bits per heavy atom. The molecule has 0 saturated carbocycles. The molecule has 0 fully saturated rings. The minimum Gasteiger partial charge on any atom is -0.463 e. The third-order valence-corrected chi connectivity index (χ3v) is 6.78. The molecule has 26 heavy (non-hydrogen) atoms. The fraction of sp³-hybridized carbons (Fsp3) is 0.227. The minimum atomic E-state index is -3.20. The van der Waals surface area contributed by atoms with Gasteiger partial charge in [-0.05, 0) is 71.0 Å². The molecule has 2 aromatic carbocycles. The summed E-state index contributed by atoms with van der Waals surface area (Å²) in [5.74, 6) is 0.638. The first-order valence-corrected chi connectivity index (χ1v) is 10.3. The molecule has 134 valence electrons. The lowest BCUT2D eigenvalue weighted by atomic mass is 10.2. The van der Waals surface area contributed by atoms with Crippen LogP contribution in [0.1, 0.15) is 34.9 Å². The van der Waals surface area contributed by atoms with Gasteiger partial charge in [0, 0.05) is 10.6 Å². The van der Waals surface area contributed by atoms with Gasteiger partial charge in [-0.2, -0.15) is 0 Å². The van der Waals surface area contributed by atoms with Crippen molar-refractivity contribution in [2.24, 2.45) is 4.76 Å². The molecule has 0 spiro atoms. The lowest BCUT2D eigenvalue weighted by Gasteiger charge is -2.18. The summed E-state index contributed by atoms with van der Waals surface area (Å²) in [4.78, 5) is 0. The Balaban J connectivity index is 2.28. The normalized spacial score (nSPS) is 12.4. The number of nitrogens with zero attached hydrogens (tertiary/aromatic N) is 1. The second kappa shape index (κ2) is 7.09. The largest absolute Gasteiger partial charge is 0.463 e. The van der Waals surface area contributed by atoms with E-state index in [2.05, 4.69) is 12.1 Å². The summed E-state index contributed by atoms with van der Waals surface area (Å²) in [6, 6.07) is 15.7. The molecule has 0 unspecified atom stereocenters. The standard InChI is InChI=1S/C22H24NO2P/c1-15-9-16(2)12-20(11-15)26(24,21-13-17(3)10-18(4)14-21)23-19(5)22-7-6-8-25-22/h6-14H,1-5H3/b23-19-. The first-order valence-electron chi connectivity index (χ1n) is 8.66. The van der Waals surface area contributed by atoms with E-state index in [4.69, 9.17) is 9.18 Å². The van der Waals surface area contributed by atoms with Gasteiger partial charge in [0.2, 0.25) is 7.29 Å². The highest BCUT2D eigenvalue weighted by atomic mass is 31.2. The van der Waals surface area contributed by atoms with Crippen molar-refractivity contribution in [3.8, 4) is 0 Å². The third-order valence-electron chi connectivity index (χ3n) is 4.28. The zero-order chi connectivity index (χ0) is 18.9. The molecule has 0 N–H and O–H groups in total. The van der Waals surface area contributed by atoms with Gasteiger partial charge in [0.1, 0.15) is 5.76 Å². The van der Waals surface area contributed by atoms with E-state index in [9.17, 15) is 4.57 Å². The van der Waals surface area contributed by atoms with Crippen molar-refractivity contribution in [3.05, 3.63) is 82.8 Å². The molecular formula is C22H24NO2P. The van der Waals surface area contributed by atoms with E-state index in [-0.39, 0.29) is 0 Å². The van der Waals surface area contributed by atoms with Crippen LogP contribution in [0.5, 0.6) is 0 Å². The Bertz CT molecular complexity index is 921. The summed E-state index contributed by atoms with van der Waals surface area (Å²) in [5, 5.41) is 1.51. The predicted octanol–water partition coefficient (Wildman–Crippen LogP) is 5.25. The lowest BCUT2D eigenvalue weighted by molar-refractivity contribution is 0.557. The smallest absolute Gasteiger partial charge is 0.247 e. The average Bonchev–Trinajstić information content (AvgIpc) is 3.07. The molecule has 0 atom stereocenters. The first-order chi connectivity index (χ1) is 12.3. The summed E-state index contributed by atoms with van der Waals surface area (Å²) in [6.07, 6.45) is 1.60. The molecule has 0 radical (unpaired) electrons.